The molecule has 8 bridgehead atoms. The predicted octanol–water partition coefficient (Wildman–Crippen LogP) is 23.0. The Hall–Kier alpha value is -10.1. The Morgan fingerprint density at radius 1 is 0.433 bits per heavy atom. The first-order chi connectivity index (χ1) is 50.5. The van der Waals surface area contributed by atoms with Gasteiger partial charge >= 0.3 is 0 Å². The summed E-state index contributed by atoms with van der Waals surface area (Å²) < 4.78 is 39.3. The molecule has 0 unspecified atom stereocenters. The standard InChI is InChI=1S/C88H107N9O7/c1-14-20-45-99-73-52-66-67(53-74(73)100-46-21-15-2)84-93-82(66)91-80-64-41-40-63(89-79(98)43-39-61(10)36-29-34-59(8)32-27-26-31-58(7)33-28-35-60(9)38-42-72-62(11)37-30-44-88(72,12)13)51-65(64)81(90-80)92-83-68-54-75(101-47-22-16-3)76(102-48-23-17-4)55-69(68)85(94-83)96-87-71-57-78(104-50-25-19-6)77(103-49-24-18-5)56-70(71)86(95-84)97-87/h26-29,31-36,38-43,51-57H,14-25,30,37,44-50H2,1-13H3,(H,89,98)(H2,90,91,92,93,94,95,96,97)/b27-26+,33-28+,34-29+,42-38+,43-39+,58-31+,59-32+,60-35+,61-36+. The largest absolute Gasteiger partial charge is 0.490 e. The molecule has 0 fully saturated rings. The van der Waals surface area contributed by atoms with Crippen LogP contribution in [-0.2, 0) is 4.79 Å². The third kappa shape index (κ3) is 20.0. The average molecular weight is 1400 g/mol. The molecule has 104 heavy (non-hydrogen) atoms. The van der Waals surface area contributed by atoms with Gasteiger partial charge < -0.3 is 43.7 Å². The molecule has 1 aliphatic carbocycles. The predicted molar refractivity (Wildman–Crippen MR) is 428 cm³/mol. The fourth-order valence-corrected chi connectivity index (χ4v) is 12.5. The number of benzene rings is 4. The zero-order valence-corrected chi connectivity index (χ0v) is 63.7. The minimum absolute atomic E-state index is 0.231. The molecule has 0 atom stereocenters. The zero-order chi connectivity index (χ0) is 73.5. The van der Waals surface area contributed by atoms with Crippen molar-refractivity contribution in [1.29, 1.82) is 0 Å². The minimum Gasteiger partial charge on any atom is -0.490 e. The highest BCUT2D eigenvalue weighted by Crippen LogP contribution is 2.46. The first-order valence-electron chi connectivity index (χ1n) is 37.9. The highest BCUT2D eigenvalue weighted by atomic mass is 16.5. The Morgan fingerprint density at radius 3 is 1.16 bits per heavy atom. The molecule has 16 nitrogen and oxygen atoms in total. The third-order valence-electron chi connectivity index (χ3n) is 18.6. The second-order valence-corrected chi connectivity index (χ2v) is 27.9. The van der Waals surface area contributed by atoms with Crippen LogP contribution in [0.1, 0.15) is 186 Å². The lowest BCUT2D eigenvalue weighted by Crippen LogP contribution is -2.19. The summed E-state index contributed by atoms with van der Waals surface area (Å²) in [6.07, 6.45) is 43.2. The van der Waals surface area contributed by atoms with E-state index in [1.54, 1.807) is 6.08 Å². The number of fused-ring (bicyclic) bond motifs is 20. The van der Waals surface area contributed by atoms with Gasteiger partial charge in [0.15, 0.2) is 57.8 Å². The van der Waals surface area contributed by atoms with Gasteiger partial charge in [-0.15, -0.1) is 0 Å². The van der Waals surface area contributed by atoms with Crippen molar-refractivity contribution in [2.45, 2.75) is 186 Å². The Bertz CT molecular complexity index is 4720. The van der Waals surface area contributed by atoms with Gasteiger partial charge in [-0.3, -0.25) is 4.79 Å². The summed E-state index contributed by atoms with van der Waals surface area (Å²) in [5.41, 5.74) is 12.8. The molecule has 0 saturated carbocycles. The Kier molecular flexibility index (Phi) is 27.5. The molecule has 2 aliphatic heterocycles. The quantitative estimate of drug-likeness (QED) is 0.0193. The Morgan fingerprint density at radius 2 is 0.779 bits per heavy atom. The third-order valence-corrected chi connectivity index (χ3v) is 18.6. The van der Waals surface area contributed by atoms with Crippen molar-refractivity contribution >= 4 is 55.7 Å². The van der Waals surface area contributed by atoms with Gasteiger partial charge in [0.25, 0.3) is 0 Å². The number of aromatic nitrogens is 8. The van der Waals surface area contributed by atoms with Gasteiger partial charge in [-0.1, -0.05) is 201 Å². The molecule has 0 radical (unpaired) electrons. The maximum Gasteiger partial charge on any atom is 0.248 e. The van der Waals surface area contributed by atoms with Gasteiger partial charge in [-0.25, -0.2) is 29.9 Å². The Balaban J connectivity index is 1.03. The van der Waals surface area contributed by atoms with E-state index in [0.29, 0.717) is 153 Å². The number of H-pyrrole nitrogens is 2. The molecular formula is C88H107N9O7. The lowest BCUT2D eigenvalue weighted by Gasteiger charge is -2.32. The van der Waals surface area contributed by atoms with E-state index in [4.69, 9.17) is 58.3 Å². The summed E-state index contributed by atoms with van der Waals surface area (Å²) >= 11 is 0. The lowest BCUT2D eigenvalue weighted by molar-refractivity contribution is -0.111. The molecule has 3 aliphatic rings. The fraction of sp³-hybridized carbons (Fsp3) is 0.398. The summed E-state index contributed by atoms with van der Waals surface area (Å²) in [7, 11) is 0. The monoisotopic (exact) mass is 1400 g/mol. The number of anilines is 1. The van der Waals surface area contributed by atoms with Crippen LogP contribution < -0.4 is 33.7 Å². The molecule has 4 aromatic carbocycles. The van der Waals surface area contributed by atoms with Crippen LogP contribution in [-0.4, -0.2) is 85.4 Å². The van der Waals surface area contributed by atoms with E-state index in [0.717, 1.165) is 110 Å². The van der Waals surface area contributed by atoms with Crippen molar-refractivity contribution in [2.75, 3.05) is 45.0 Å². The molecule has 1 amide bonds. The van der Waals surface area contributed by atoms with Gasteiger partial charge in [0.1, 0.15) is 22.6 Å². The normalized spacial score (nSPS) is 14.3. The maximum atomic E-state index is 13.9. The van der Waals surface area contributed by atoms with Crippen molar-refractivity contribution in [3.8, 4) is 80.0 Å². The van der Waals surface area contributed by atoms with Crippen molar-refractivity contribution in [2.24, 2.45) is 5.41 Å². The summed E-state index contributed by atoms with van der Waals surface area (Å²) in [6, 6.07) is 17.6. The number of nitrogens with zero attached hydrogens (tertiary/aromatic N) is 6. The minimum atomic E-state index is -0.307. The number of carbonyl (C=O) groups is 1. The zero-order valence-electron chi connectivity index (χ0n) is 63.7. The van der Waals surface area contributed by atoms with Gasteiger partial charge in [0.2, 0.25) is 5.91 Å². The summed E-state index contributed by atoms with van der Waals surface area (Å²) in [4.78, 5) is 53.5. The number of carbonyl (C=O) groups excluding carboxylic acids is 1. The van der Waals surface area contributed by atoms with Crippen LogP contribution in [0, 0.1) is 5.41 Å². The van der Waals surface area contributed by atoms with E-state index in [9.17, 15) is 4.79 Å². The van der Waals surface area contributed by atoms with Crippen molar-refractivity contribution in [1.82, 2.24) is 39.9 Å². The molecule has 0 saturated heterocycles. The van der Waals surface area contributed by atoms with E-state index in [2.05, 4.69) is 147 Å². The molecular weight excluding hydrogens is 1300 g/mol. The highest BCUT2D eigenvalue weighted by Gasteiger charge is 2.29. The number of nitrogens with one attached hydrogen (secondary N) is 3. The topological polar surface area (TPSA) is 193 Å². The molecule has 3 aromatic heterocycles. The van der Waals surface area contributed by atoms with Gasteiger partial charge in [-0.05, 0) is 158 Å². The van der Waals surface area contributed by atoms with Crippen molar-refractivity contribution < 1.29 is 33.2 Å². The molecule has 3 N–H and O–H groups in total. The molecule has 546 valence electrons. The number of hydrogen-bond donors (Lipinski definition) is 3. The summed E-state index contributed by atoms with van der Waals surface area (Å²) in [5, 5.41) is 6.01. The second-order valence-electron chi connectivity index (χ2n) is 27.9. The number of unbranched alkanes of at least 4 members (excludes halogenated alkanes) is 6. The van der Waals surface area contributed by atoms with Crippen molar-refractivity contribution in [3.63, 3.8) is 0 Å². The first-order valence-corrected chi connectivity index (χ1v) is 37.9. The van der Waals surface area contributed by atoms with Crippen molar-refractivity contribution in [3.05, 3.63) is 173 Å². The van der Waals surface area contributed by atoms with Gasteiger partial charge in [0.05, 0.1) is 39.6 Å². The van der Waals surface area contributed by atoms with E-state index in [1.807, 2.05) is 85.8 Å². The van der Waals surface area contributed by atoms with E-state index >= 15 is 0 Å². The summed E-state index contributed by atoms with van der Waals surface area (Å²) in [5.74, 6) is 4.80. The molecule has 10 rings (SSSR count). The molecule has 5 heterocycles. The van der Waals surface area contributed by atoms with E-state index in [-0.39, 0.29) is 11.3 Å². The Labute approximate surface area is 615 Å². The maximum absolute atomic E-state index is 13.9. The second kappa shape index (κ2) is 37.4. The van der Waals surface area contributed by atoms with Crippen LogP contribution in [0.5, 0.6) is 34.5 Å². The molecule has 7 aromatic rings. The smallest absolute Gasteiger partial charge is 0.248 e. The number of ether oxygens (including phenoxy) is 6. The van der Waals surface area contributed by atoms with E-state index < -0.39 is 0 Å². The number of amides is 1. The molecule has 16 heteroatoms. The van der Waals surface area contributed by atoms with Crippen LogP contribution in [0.4, 0.5) is 5.69 Å². The number of rotatable bonds is 35. The van der Waals surface area contributed by atoms with Gasteiger partial charge in [0, 0.05) is 55.6 Å². The highest BCUT2D eigenvalue weighted by molar-refractivity contribution is 6.08. The van der Waals surface area contributed by atoms with Gasteiger partial charge in [-0.2, -0.15) is 0 Å². The fourth-order valence-electron chi connectivity index (χ4n) is 12.5. The van der Waals surface area contributed by atoms with Crippen LogP contribution in [0.3, 0.4) is 0 Å². The molecule has 0 spiro atoms. The van der Waals surface area contributed by atoms with Crippen LogP contribution in [0.15, 0.2) is 173 Å². The van der Waals surface area contributed by atoms with Crippen LogP contribution >= 0.6 is 0 Å². The summed E-state index contributed by atoms with van der Waals surface area (Å²) in [6.45, 7) is 31.1. The van der Waals surface area contributed by atoms with Crippen LogP contribution in [0.2, 0.25) is 0 Å². The number of allylic oxidation sites excluding steroid dienone is 19. The van der Waals surface area contributed by atoms with Crippen LogP contribution in [0.25, 0.3) is 89.7 Å². The number of hydrogen-bond acceptors (Lipinski definition) is 13. The number of aromatic amines is 2. The van der Waals surface area contributed by atoms with E-state index in [1.165, 1.54) is 42.1 Å². The SMILES string of the molecule is CCCCOc1cc2c(cc1OCCCC)-c1nc-2nc2[nH]c(nc3nc(nc4[nH]c(n1)c1cc(OCCCC)c(OCCCC)cc41)-c1cc(NC(=O)/C=C/C(C)=C/C=C/C(C)=C/C=C/C=C(C)/C=C/C=C(C)/C=C/C4=C(C)CCCC4(C)C)ccc1-3)c1cc(OCCCC)c(OCCCC)cc21. The average Bonchev–Trinajstić information content (AvgIpc) is 1.59. The first kappa shape index (κ1) is 76.5. The lowest BCUT2D eigenvalue weighted by atomic mass is 9.72.